The summed E-state index contributed by atoms with van der Waals surface area (Å²) in [5.74, 6) is 0.644. The molecule has 0 aromatic heterocycles. The molecule has 2 aliphatic rings. The number of anilines is 3. The Morgan fingerprint density at radius 2 is 0.938 bits per heavy atom. The van der Waals surface area contributed by atoms with Crippen LogP contribution in [-0.4, -0.2) is 0 Å². The molecule has 0 saturated heterocycles. The first-order valence-corrected chi connectivity index (χ1v) is 24.0. The van der Waals surface area contributed by atoms with Crippen LogP contribution in [0.25, 0.3) is 44.5 Å². The topological polar surface area (TPSA) is 3.24 Å². The third-order valence-corrected chi connectivity index (χ3v) is 14.5. The molecule has 0 unspecified atom stereocenters. The van der Waals surface area contributed by atoms with E-state index < -0.39 is 0 Å². The third-order valence-electron chi connectivity index (χ3n) is 14.5. The van der Waals surface area contributed by atoms with E-state index in [2.05, 4.69) is 233 Å². The highest BCUT2D eigenvalue weighted by Gasteiger charge is 2.36. The van der Waals surface area contributed by atoms with Gasteiger partial charge >= 0.3 is 0 Å². The molecule has 2 aliphatic carbocycles. The van der Waals surface area contributed by atoms with E-state index in [0.717, 1.165) is 5.69 Å². The highest BCUT2D eigenvalue weighted by atomic mass is 15.1. The van der Waals surface area contributed by atoms with E-state index in [0.29, 0.717) is 5.92 Å². The van der Waals surface area contributed by atoms with Crippen LogP contribution in [0.4, 0.5) is 17.1 Å². The lowest BCUT2D eigenvalue weighted by atomic mass is 9.78. The Bertz CT molecular complexity index is 2790. The fraction of sp³-hybridized carbons (Fsp3) is 0.333. The maximum Gasteiger partial charge on any atom is 0.0540 e. The average molecular weight is 840 g/mol. The van der Waals surface area contributed by atoms with Crippen molar-refractivity contribution in [3.8, 4) is 44.5 Å². The van der Waals surface area contributed by atoms with Crippen LogP contribution >= 0.6 is 0 Å². The Hall–Kier alpha value is -5.66. The summed E-state index contributed by atoms with van der Waals surface area (Å²) in [5.41, 5.74) is 22.1. The Kier molecular flexibility index (Phi) is 11.2. The molecule has 9 rings (SSSR count). The molecule has 0 radical (unpaired) electrons. The zero-order chi connectivity index (χ0) is 45.2. The second kappa shape index (κ2) is 16.4. The van der Waals surface area contributed by atoms with Gasteiger partial charge in [0.15, 0.2) is 0 Å². The summed E-state index contributed by atoms with van der Waals surface area (Å²) in [4.78, 5) is 2.51. The molecule has 0 amide bonds. The molecule has 0 aliphatic heterocycles. The summed E-state index contributed by atoms with van der Waals surface area (Å²) in [6.07, 6.45) is 6.61. The predicted octanol–water partition coefficient (Wildman–Crippen LogP) is 18.4. The minimum atomic E-state index is -0.110. The van der Waals surface area contributed by atoms with E-state index >= 15 is 0 Å². The van der Waals surface area contributed by atoms with Crippen LogP contribution in [0.3, 0.4) is 0 Å². The minimum absolute atomic E-state index is 0.0189. The summed E-state index contributed by atoms with van der Waals surface area (Å²) in [7, 11) is 0. The van der Waals surface area contributed by atoms with Crippen molar-refractivity contribution in [1.29, 1.82) is 0 Å². The molecule has 7 aromatic carbocycles. The zero-order valence-corrected chi connectivity index (χ0v) is 40.5. The highest BCUT2D eigenvalue weighted by Crippen LogP contribution is 2.51. The molecule has 64 heavy (non-hydrogen) atoms. The van der Waals surface area contributed by atoms with Crippen molar-refractivity contribution in [2.45, 2.75) is 136 Å². The molecule has 0 atom stereocenters. The molecule has 0 bridgehead atoms. The van der Waals surface area contributed by atoms with Crippen LogP contribution < -0.4 is 4.90 Å². The van der Waals surface area contributed by atoms with Gasteiger partial charge in [-0.2, -0.15) is 0 Å². The monoisotopic (exact) mass is 840 g/mol. The largest absolute Gasteiger partial charge is 0.310 e. The Balaban J connectivity index is 1.18. The van der Waals surface area contributed by atoms with E-state index in [4.69, 9.17) is 0 Å². The fourth-order valence-corrected chi connectivity index (χ4v) is 10.4. The number of para-hydroxylation sites is 1. The molecule has 1 nitrogen and oxygen atoms in total. The van der Waals surface area contributed by atoms with Crippen LogP contribution in [0.15, 0.2) is 152 Å². The number of hydrogen-bond donors (Lipinski definition) is 0. The van der Waals surface area contributed by atoms with Crippen LogP contribution in [0.2, 0.25) is 0 Å². The van der Waals surface area contributed by atoms with Gasteiger partial charge in [-0.25, -0.2) is 0 Å². The van der Waals surface area contributed by atoms with Crippen molar-refractivity contribution in [2.75, 3.05) is 4.90 Å². The van der Waals surface area contributed by atoms with Crippen molar-refractivity contribution in [3.63, 3.8) is 0 Å². The molecule has 7 aromatic rings. The quantitative estimate of drug-likeness (QED) is 0.155. The lowest BCUT2D eigenvalue weighted by molar-refractivity contribution is 0.444. The van der Waals surface area contributed by atoms with Gasteiger partial charge in [-0.1, -0.05) is 211 Å². The normalized spacial score (nSPS) is 15.2. The molecular formula is C63H69N. The van der Waals surface area contributed by atoms with Crippen LogP contribution in [0, 0.1) is 0 Å². The molecule has 326 valence electrons. The van der Waals surface area contributed by atoms with Gasteiger partial charge in [0, 0.05) is 22.4 Å². The Labute approximate surface area is 385 Å². The molecular weight excluding hydrogens is 771 g/mol. The second-order valence-electron chi connectivity index (χ2n) is 22.6. The lowest BCUT2D eigenvalue weighted by Crippen LogP contribution is -2.17. The third kappa shape index (κ3) is 8.40. The van der Waals surface area contributed by atoms with Gasteiger partial charge in [0.05, 0.1) is 5.69 Å². The van der Waals surface area contributed by atoms with E-state index in [1.807, 2.05) is 0 Å². The number of rotatable bonds is 7. The van der Waals surface area contributed by atoms with Gasteiger partial charge < -0.3 is 4.90 Å². The molecule has 1 fully saturated rings. The van der Waals surface area contributed by atoms with Crippen molar-refractivity contribution in [3.05, 3.63) is 185 Å². The van der Waals surface area contributed by atoms with Crippen molar-refractivity contribution in [2.24, 2.45) is 0 Å². The van der Waals surface area contributed by atoms with E-state index in [1.165, 1.54) is 121 Å². The minimum Gasteiger partial charge on any atom is -0.310 e. The predicted molar refractivity (Wildman–Crippen MR) is 277 cm³/mol. The van der Waals surface area contributed by atoms with Gasteiger partial charge in [0.25, 0.3) is 0 Å². The molecule has 0 N–H and O–H groups in total. The van der Waals surface area contributed by atoms with E-state index in [-0.39, 0.29) is 21.7 Å². The number of benzene rings is 7. The SMILES string of the molecule is CC(C)(C)c1cc(-c2ccc(N(c3ccc4c(c3)C(C)(C)c3ccccc3-4)c3ccccc3-c3cccc(C4CCCCC4)c3)cc2)cc(-c2cc(C(C)(C)C)cc(C(C)(C)C)c2)c1. The van der Waals surface area contributed by atoms with Crippen LogP contribution in [0.1, 0.15) is 148 Å². The standard InChI is InChI=1S/C63H69N/c1-60(2,3)49-36-46(35-47(37-49)48-38-50(61(4,5)6)40-51(39-48)62(7,8)9)43-28-30-52(31-29-43)64(53-32-33-56-55-25-15-17-26-57(55)63(10,11)58(56)41-53)59-27-18-16-24-54(59)45-23-19-22-44(34-45)42-20-13-12-14-21-42/h15-19,22-42H,12-14,20-21H2,1-11H3. The summed E-state index contributed by atoms with van der Waals surface area (Å²) in [5, 5.41) is 0. The van der Waals surface area contributed by atoms with Crippen LogP contribution in [-0.2, 0) is 21.7 Å². The van der Waals surface area contributed by atoms with E-state index in [1.54, 1.807) is 0 Å². The lowest BCUT2D eigenvalue weighted by Gasteiger charge is -2.30. The summed E-state index contributed by atoms with van der Waals surface area (Å²) in [6.45, 7) is 25.7. The maximum atomic E-state index is 2.51. The number of hydrogen-bond acceptors (Lipinski definition) is 1. The zero-order valence-electron chi connectivity index (χ0n) is 40.5. The van der Waals surface area contributed by atoms with Gasteiger partial charge in [-0.3, -0.25) is 0 Å². The first-order valence-electron chi connectivity index (χ1n) is 24.0. The van der Waals surface area contributed by atoms with Gasteiger partial charge in [0.2, 0.25) is 0 Å². The van der Waals surface area contributed by atoms with E-state index in [9.17, 15) is 0 Å². The summed E-state index contributed by atoms with van der Waals surface area (Å²) >= 11 is 0. The van der Waals surface area contributed by atoms with Gasteiger partial charge in [-0.15, -0.1) is 0 Å². The molecule has 1 heteroatoms. The first kappa shape index (κ1) is 43.6. The number of fused-ring (bicyclic) bond motifs is 3. The summed E-state index contributed by atoms with van der Waals surface area (Å²) in [6, 6.07) is 58.6. The first-order chi connectivity index (χ1) is 30.4. The van der Waals surface area contributed by atoms with Crippen molar-refractivity contribution in [1.82, 2.24) is 0 Å². The second-order valence-corrected chi connectivity index (χ2v) is 22.6. The highest BCUT2D eigenvalue weighted by molar-refractivity contribution is 5.91. The Morgan fingerprint density at radius 3 is 1.58 bits per heavy atom. The van der Waals surface area contributed by atoms with Crippen molar-refractivity contribution < 1.29 is 0 Å². The molecule has 1 saturated carbocycles. The molecule has 0 heterocycles. The van der Waals surface area contributed by atoms with Gasteiger partial charge in [-0.05, 0) is 144 Å². The van der Waals surface area contributed by atoms with Crippen molar-refractivity contribution >= 4 is 17.1 Å². The summed E-state index contributed by atoms with van der Waals surface area (Å²) < 4.78 is 0. The number of nitrogens with zero attached hydrogens (tertiary/aromatic N) is 1. The molecule has 0 spiro atoms. The average Bonchev–Trinajstić information content (AvgIpc) is 3.51. The van der Waals surface area contributed by atoms with Crippen LogP contribution in [0.5, 0.6) is 0 Å². The van der Waals surface area contributed by atoms with Gasteiger partial charge in [0.1, 0.15) is 0 Å². The Morgan fingerprint density at radius 1 is 0.406 bits per heavy atom. The fourth-order valence-electron chi connectivity index (χ4n) is 10.4. The smallest absolute Gasteiger partial charge is 0.0540 e. The maximum absolute atomic E-state index is 2.51.